The fourth-order valence-corrected chi connectivity index (χ4v) is 3.30. The highest BCUT2D eigenvalue weighted by Gasteiger charge is 2.38. The van der Waals surface area contributed by atoms with Gasteiger partial charge in [0.05, 0.1) is 0 Å². The Morgan fingerprint density at radius 2 is 1.93 bits per heavy atom. The molecule has 1 fully saturated rings. The zero-order valence-corrected chi connectivity index (χ0v) is 9.61. The third kappa shape index (κ3) is 1.53. The Labute approximate surface area is 95.8 Å². The van der Waals surface area contributed by atoms with Crippen molar-refractivity contribution >= 4 is 17.3 Å². The van der Waals surface area contributed by atoms with Crippen molar-refractivity contribution in [2.45, 2.75) is 44.1 Å². The van der Waals surface area contributed by atoms with Gasteiger partial charge in [-0.05, 0) is 37.0 Å². The Morgan fingerprint density at radius 3 is 2.67 bits per heavy atom. The number of benzene rings is 1. The van der Waals surface area contributed by atoms with E-state index in [1.54, 1.807) is 0 Å². The maximum Gasteiger partial charge on any atom is 0.0459 e. The third-order valence-corrected chi connectivity index (χ3v) is 4.20. The smallest absolute Gasteiger partial charge is 0.0459 e. The van der Waals surface area contributed by atoms with Crippen LogP contribution < -0.4 is 5.32 Å². The van der Waals surface area contributed by atoms with Crippen LogP contribution in [0.1, 0.15) is 37.7 Å². The molecule has 1 aliphatic heterocycles. The maximum atomic E-state index is 6.23. The van der Waals surface area contributed by atoms with Gasteiger partial charge in [-0.1, -0.05) is 36.9 Å². The second-order valence-electron chi connectivity index (χ2n) is 4.91. The van der Waals surface area contributed by atoms with Gasteiger partial charge in [-0.15, -0.1) is 0 Å². The van der Waals surface area contributed by atoms with Crippen molar-refractivity contribution in [3.8, 4) is 0 Å². The largest absolute Gasteiger partial charge is 0.379 e. The highest BCUT2D eigenvalue weighted by molar-refractivity contribution is 6.31. The molecule has 1 saturated carbocycles. The van der Waals surface area contributed by atoms with Crippen LogP contribution in [0.5, 0.6) is 0 Å². The number of anilines is 1. The zero-order chi connectivity index (χ0) is 10.3. The quantitative estimate of drug-likeness (QED) is 0.698. The van der Waals surface area contributed by atoms with Crippen molar-refractivity contribution in [2.24, 2.45) is 0 Å². The van der Waals surface area contributed by atoms with Gasteiger partial charge in [-0.2, -0.15) is 0 Å². The molecule has 1 nitrogen and oxygen atoms in total. The van der Waals surface area contributed by atoms with Gasteiger partial charge in [-0.25, -0.2) is 0 Å². The van der Waals surface area contributed by atoms with Gasteiger partial charge < -0.3 is 5.32 Å². The van der Waals surface area contributed by atoms with Gasteiger partial charge in [0.25, 0.3) is 0 Å². The van der Waals surface area contributed by atoms with Crippen molar-refractivity contribution in [3.05, 3.63) is 28.8 Å². The molecule has 15 heavy (non-hydrogen) atoms. The zero-order valence-electron chi connectivity index (χ0n) is 8.85. The number of fused-ring (bicyclic) bond motifs is 1. The molecular weight excluding hydrogens is 206 g/mol. The summed E-state index contributed by atoms with van der Waals surface area (Å²) in [5.41, 5.74) is 2.94. The minimum atomic E-state index is 0.339. The van der Waals surface area contributed by atoms with Crippen LogP contribution >= 0.6 is 11.6 Å². The standard InChI is InChI=1S/C13H16ClN/c14-11-5-4-6-12-10(11)9-13(15-12)7-2-1-3-8-13/h4-6,15H,1-3,7-9H2. The summed E-state index contributed by atoms with van der Waals surface area (Å²) >= 11 is 6.23. The van der Waals surface area contributed by atoms with E-state index in [0.717, 1.165) is 11.4 Å². The Kier molecular flexibility index (Phi) is 2.17. The molecule has 0 atom stereocenters. The summed E-state index contributed by atoms with van der Waals surface area (Å²) in [4.78, 5) is 0. The lowest BCUT2D eigenvalue weighted by Gasteiger charge is -2.34. The molecule has 0 saturated heterocycles. The maximum absolute atomic E-state index is 6.23. The molecule has 1 N–H and O–H groups in total. The molecule has 0 radical (unpaired) electrons. The molecule has 1 spiro atoms. The summed E-state index contributed by atoms with van der Waals surface area (Å²) in [6.45, 7) is 0. The third-order valence-electron chi connectivity index (χ3n) is 3.84. The van der Waals surface area contributed by atoms with Crippen LogP contribution in [0.4, 0.5) is 5.69 Å². The molecule has 0 amide bonds. The molecule has 2 heteroatoms. The van der Waals surface area contributed by atoms with E-state index in [1.165, 1.54) is 43.4 Å². The predicted molar refractivity (Wildman–Crippen MR) is 64.6 cm³/mol. The van der Waals surface area contributed by atoms with Crippen molar-refractivity contribution in [1.29, 1.82) is 0 Å². The number of hydrogen-bond acceptors (Lipinski definition) is 1. The van der Waals surface area contributed by atoms with Gasteiger partial charge >= 0.3 is 0 Å². The fourth-order valence-electron chi connectivity index (χ4n) is 3.05. The summed E-state index contributed by atoms with van der Waals surface area (Å²) < 4.78 is 0. The molecule has 1 heterocycles. The van der Waals surface area contributed by atoms with Gasteiger partial charge in [0, 0.05) is 16.2 Å². The number of nitrogens with one attached hydrogen (secondary N) is 1. The lowest BCUT2D eigenvalue weighted by molar-refractivity contribution is 0.333. The average molecular weight is 222 g/mol. The van der Waals surface area contributed by atoms with Crippen LogP contribution in [0.2, 0.25) is 5.02 Å². The first-order chi connectivity index (χ1) is 7.29. The average Bonchev–Trinajstić information content (AvgIpc) is 2.59. The van der Waals surface area contributed by atoms with Crippen molar-refractivity contribution in [3.63, 3.8) is 0 Å². The topological polar surface area (TPSA) is 12.0 Å². The Balaban J connectivity index is 1.94. The Bertz CT molecular complexity index is 380. The molecule has 3 rings (SSSR count). The van der Waals surface area contributed by atoms with Gasteiger partial charge in [0.2, 0.25) is 0 Å². The highest BCUT2D eigenvalue weighted by atomic mass is 35.5. The summed E-state index contributed by atoms with van der Waals surface area (Å²) in [5.74, 6) is 0. The van der Waals surface area contributed by atoms with Crippen molar-refractivity contribution in [1.82, 2.24) is 0 Å². The summed E-state index contributed by atoms with van der Waals surface area (Å²) in [6.07, 6.45) is 7.85. The van der Waals surface area contributed by atoms with E-state index in [0.29, 0.717) is 5.54 Å². The predicted octanol–water partition coefficient (Wildman–Crippen LogP) is 4.01. The first-order valence-corrected chi connectivity index (χ1v) is 6.23. The van der Waals surface area contributed by atoms with Gasteiger partial charge in [-0.3, -0.25) is 0 Å². The number of hydrogen-bond donors (Lipinski definition) is 1. The van der Waals surface area contributed by atoms with Crippen LogP contribution in [-0.2, 0) is 6.42 Å². The fraction of sp³-hybridized carbons (Fsp3) is 0.538. The molecular formula is C13H16ClN. The molecule has 80 valence electrons. The minimum Gasteiger partial charge on any atom is -0.379 e. The van der Waals surface area contributed by atoms with Crippen molar-refractivity contribution in [2.75, 3.05) is 5.32 Å². The van der Waals surface area contributed by atoms with E-state index in [1.807, 2.05) is 12.1 Å². The lowest BCUT2D eigenvalue weighted by Crippen LogP contribution is -2.38. The molecule has 2 aliphatic rings. The van der Waals surface area contributed by atoms with Gasteiger partial charge in [0.1, 0.15) is 0 Å². The summed E-state index contributed by atoms with van der Waals surface area (Å²) in [7, 11) is 0. The van der Waals surface area contributed by atoms with E-state index in [2.05, 4.69) is 11.4 Å². The number of rotatable bonds is 0. The summed E-state index contributed by atoms with van der Waals surface area (Å²) in [5, 5.41) is 4.64. The molecule has 1 aliphatic carbocycles. The normalized spacial score (nSPS) is 22.5. The molecule has 1 aromatic rings. The van der Waals surface area contributed by atoms with E-state index in [4.69, 9.17) is 11.6 Å². The lowest BCUT2D eigenvalue weighted by atomic mass is 9.80. The number of halogens is 1. The SMILES string of the molecule is Clc1cccc2c1CC1(CCCCC1)N2. The minimum absolute atomic E-state index is 0.339. The second-order valence-corrected chi connectivity index (χ2v) is 5.32. The molecule has 1 aromatic carbocycles. The van der Waals surface area contributed by atoms with Crippen LogP contribution in [0.15, 0.2) is 18.2 Å². The van der Waals surface area contributed by atoms with Crippen LogP contribution in [0.25, 0.3) is 0 Å². The molecule has 0 bridgehead atoms. The van der Waals surface area contributed by atoms with Crippen LogP contribution in [-0.4, -0.2) is 5.54 Å². The van der Waals surface area contributed by atoms with E-state index in [9.17, 15) is 0 Å². The van der Waals surface area contributed by atoms with E-state index in [-0.39, 0.29) is 0 Å². The van der Waals surface area contributed by atoms with Crippen LogP contribution in [0.3, 0.4) is 0 Å². The van der Waals surface area contributed by atoms with Gasteiger partial charge in [0.15, 0.2) is 0 Å². The Morgan fingerprint density at radius 1 is 1.13 bits per heavy atom. The van der Waals surface area contributed by atoms with Crippen LogP contribution in [0, 0.1) is 0 Å². The first-order valence-electron chi connectivity index (χ1n) is 5.85. The van der Waals surface area contributed by atoms with Crippen molar-refractivity contribution < 1.29 is 0 Å². The molecule has 0 unspecified atom stereocenters. The second kappa shape index (κ2) is 3.41. The summed E-state index contributed by atoms with van der Waals surface area (Å²) in [6, 6.07) is 6.20. The van der Waals surface area contributed by atoms with E-state index < -0.39 is 0 Å². The molecule has 0 aromatic heterocycles. The Hall–Kier alpha value is -0.690. The first kappa shape index (κ1) is 9.53. The monoisotopic (exact) mass is 221 g/mol. The highest BCUT2D eigenvalue weighted by Crippen LogP contribution is 2.43. The van der Waals surface area contributed by atoms with E-state index >= 15 is 0 Å².